The summed E-state index contributed by atoms with van der Waals surface area (Å²) >= 11 is 0. The van der Waals surface area contributed by atoms with E-state index in [2.05, 4.69) is 12.1 Å². The monoisotopic (exact) mass is 161 g/mol. The first-order valence-corrected chi connectivity index (χ1v) is 4.28. The van der Waals surface area contributed by atoms with Crippen molar-refractivity contribution in [2.45, 2.75) is 27.2 Å². The maximum absolute atomic E-state index is 8.51. The minimum absolute atomic E-state index is 0.758. The van der Waals surface area contributed by atoms with E-state index < -0.39 is 0 Å². The second-order valence-corrected chi connectivity index (χ2v) is 2.29. The third-order valence-corrected chi connectivity index (χ3v) is 1.43. The zero-order valence-corrected chi connectivity index (χ0v) is 7.96. The summed E-state index contributed by atoms with van der Waals surface area (Å²) in [5, 5.41) is 8.51. The molecule has 1 nitrogen and oxygen atoms in total. The molecule has 0 aromatic heterocycles. The number of allylic oxidation sites excluding steroid dienone is 6. The normalized spacial score (nSPS) is 14.5. The van der Waals surface area contributed by atoms with Crippen LogP contribution in [0.4, 0.5) is 0 Å². The predicted octanol–water partition coefficient (Wildman–Crippen LogP) is 3.37. The van der Waals surface area contributed by atoms with E-state index in [1.807, 2.05) is 39.0 Å². The van der Waals surface area contributed by atoms with Gasteiger partial charge in [-0.3, -0.25) is 0 Å². The molecule has 0 saturated carbocycles. The van der Waals surface area contributed by atoms with E-state index in [1.54, 1.807) is 0 Å². The molecule has 1 rings (SSSR count). The molecule has 0 unspecified atom stereocenters. The smallest absolute Gasteiger partial charge is 0.0988 e. The van der Waals surface area contributed by atoms with Crippen LogP contribution in [0.3, 0.4) is 0 Å². The minimum atomic E-state index is 0.758. The number of rotatable bonds is 0. The zero-order chi connectivity index (χ0) is 9.40. The summed E-state index contributed by atoms with van der Waals surface area (Å²) in [6, 6.07) is 2.11. The van der Waals surface area contributed by atoms with Crippen molar-refractivity contribution in [2.75, 3.05) is 0 Å². The second kappa shape index (κ2) is 6.42. The van der Waals surface area contributed by atoms with E-state index in [9.17, 15) is 0 Å². The lowest BCUT2D eigenvalue weighted by Gasteiger charge is -1.82. The van der Waals surface area contributed by atoms with Gasteiger partial charge >= 0.3 is 0 Å². The topological polar surface area (TPSA) is 23.8 Å². The van der Waals surface area contributed by atoms with Crippen LogP contribution in [0.1, 0.15) is 27.2 Å². The third kappa shape index (κ3) is 3.78. The van der Waals surface area contributed by atoms with E-state index >= 15 is 0 Å². The number of nitrogens with zero attached hydrogens (tertiary/aromatic N) is 1. The first kappa shape index (κ1) is 10.7. The van der Waals surface area contributed by atoms with Gasteiger partial charge in [0.2, 0.25) is 0 Å². The molecule has 0 radical (unpaired) electrons. The van der Waals surface area contributed by atoms with E-state index in [0.717, 1.165) is 12.0 Å². The molecule has 0 atom stereocenters. The molecule has 1 aliphatic carbocycles. The Bertz CT molecular complexity index is 249. The molecule has 0 heterocycles. The summed E-state index contributed by atoms with van der Waals surface area (Å²) in [5.41, 5.74) is 1.98. The first-order chi connectivity index (χ1) is 5.83. The number of hydrogen-bond donors (Lipinski definition) is 0. The fourth-order valence-electron chi connectivity index (χ4n) is 0.812. The maximum atomic E-state index is 8.51. The van der Waals surface area contributed by atoms with Crippen LogP contribution >= 0.6 is 0 Å². The van der Waals surface area contributed by atoms with Crippen LogP contribution in [0, 0.1) is 11.3 Å². The summed E-state index contributed by atoms with van der Waals surface area (Å²) in [6.45, 7) is 6.03. The van der Waals surface area contributed by atoms with E-state index in [1.165, 1.54) is 5.57 Å². The summed E-state index contributed by atoms with van der Waals surface area (Å²) < 4.78 is 0. The molecule has 1 aliphatic rings. The Hall–Kier alpha value is -1.29. The quantitative estimate of drug-likeness (QED) is 0.534. The van der Waals surface area contributed by atoms with Crippen molar-refractivity contribution in [3.8, 4) is 6.07 Å². The molecule has 0 aliphatic heterocycles. The molecule has 1 heteroatoms. The van der Waals surface area contributed by atoms with Gasteiger partial charge in [-0.1, -0.05) is 37.6 Å². The van der Waals surface area contributed by atoms with Gasteiger partial charge in [-0.2, -0.15) is 5.26 Å². The van der Waals surface area contributed by atoms with Gasteiger partial charge in [-0.25, -0.2) is 0 Å². The Morgan fingerprint density at radius 1 is 1.25 bits per heavy atom. The van der Waals surface area contributed by atoms with Crippen LogP contribution < -0.4 is 0 Å². The molecule has 0 spiro atoms. The fourth-order valence-corrected chi connectivity index (χ4v) is 0.812. The Morgan fingerprint density at radius 2 is 1.92 bits per heavy atom. The van der Waals surface area contributed by atoms with E-state index in [0.29, 0.717) is 0 Å². The summed E-state index contributed by atoms with van der Waals surface area (Å²) in [5.74, 6) is 0. The van der Waals surface area contributed by atoms with Crippen molar-refractivity contribution in [2.24, 2.45) is 0 Å². The molecular formula is C11H15N. The highest BCUT2D eigenvalue weighted by atomic mass is 14.2. The SMILES string of the molecule is CC.CC1=CCC=C(C#N)C=C1. The van der Waals surface area contributed by atoms with Gasteiger partial charge in [0, 0.05) is 5.57 Å². The Morgan fingerprint density at radius 3 is 2.50 bits per heavy atom. The molecule has 0 saturated heterocycles. The van der Waals surface area contributed by atoms with Crippen molar-refractivity contribution in [1.29, 1.82) is 5.26 Å². The highest BCUT2D eigenvalue weighted by molar-refractivity contribution is 5.39. The molecule has 64 valence electrons. The van der Waals surface area contributed by atoms with Crippen molar-refractivity contribution in [3.05, 3.63) is 35.5 Å². The van der Waals surface area contributed by atoms with Gasteiger partial charge in [-0.05, 0) is 19.4 Å². The van der Waals surface area contributed by atoms with Crippen LogP contribution in [-0.2, 0) is 0 Å². The lowest BCUT2D eigenvalue weighted by atomic mass is 10.2. The van der Waals surface area contributed by atoms with Crippen molar-refractivity contribution >= 4 is 0 Å². The van der Waals surface area contributed by atoms with Crippen molar-refractivity contribution in [1.82, 2.24) is 0 Å². The molecule has 0 amide bonds. The zero-order valence-electron chi connectivity index (χ0n) is 7.96. The third-order valence-electron chi connectivity index (χ3n) is 1.43. The largest absolute Gasteiger partial charge is 0.192 e. The van der Waals surface area contributed by atoms with Crippen molar-refractivity contribution in [3.63, 3.8) is 0 Å². The maximum Gasteiger partial charge on any atom is 0.0988 e. The lowest BCUT2D eigenvalue weighted by Crippen LogP contribution is -1.67. The standard InChI is InChI=1S/C9H9N.C2H6/c1-8-3-2-4-9(7-10)6-5-8;1-2/h3-6H,2H2,1H3;1-2H3. The van der Waals surface area contributed by atoms with E-state index in [-0.39, 0.29) is 0 Å². The van der Waals surface area contributed by atoms with Crippen LogP contribution in [-0.4, -0.2) is 0 Å². The van der Waals surface area contributed by atoms with Crippen molar-refractivity contribution < 1.29 is 0 Å². The van der Waals surface area contributed by atoms with E-state index in [4.69, 9.17) is 5.26 Å². The van der Waals surface area contributed by atoms with Crippen LogP contribution in [0.25, 0.3) is 0 Å². The molecule has 0 aromatic rings. The number of nitriles is 1. The Balaban J connectivity index is 0.000000561. The molecule has 0 aromatic carbocycles. The van der Waals surface area contributed by atoms with Crippen LogP contribution in [0.2, 0.25) is 0 Å². The van der Waals surface area contributed by atoms with Crippen LogP contribution in [0.5, 0.6) is 0 Å². The predicted molar refractivity (Wildman–Crippen MR) is 52.6 cm³/mol. The fraction of sp³-hybridized carbons (Fsp3) is 0.364. The Kier molecular flexibility index (Phi) is 5.73. The second-order valence-electron chi connectivity index (χ2n) is 2.29. The first-order valence-electron chi connectivity index (χ1n) is 4.28. The summed E-state index contributed by atoms with van der Waals surface area (Å²) in [6.07, 6.45) is 8.70. The molecular weight excluding hydrogens is 146 g/mol. The average Bonchev–Trinajstić information content (AvgIpc) is 2.33. The van der Waals surface area contributed by atoms with Gasteiger partial charge < -0.3 is 0 Å². The van der Waals surface area contributed by atoms with Gasteiger partial charge in [0.05, 0.1) is 6.07 Å². The number of hydrogen-bond acceptors (Lipinski definition) is 1. The van der Waals surface area contributed by atoms with Gasteiger partial charge in [0.15, 0.2) is 0 Å². The summed E-state index contributed by atoms with van der Waals surface area (Å²) in [7, 11) is 0. The Labute approximate surface area is 74.7 Å². The van der Waals surface area contributed by atoms with Gasteiger partial charge in [0.1, 0.15) is 0 Å². The average molecular weight is 161 g/mol. The van der Waals surface area contributed by atoms with Gasteiger partial charge in [0.25, 0.3) is 0 Å². The molecule has 0 N–H and O–H groups in total. The molecule has 12 heavy (non-hydrogen) atoms. The highest BCUT2D eigenvalue weighted by Gasteiger charge is 1.91. The van der Waals surface area contributed by atoms with Crippen LogP contribution in [0.15, 0.2) is 35.5 Å². The summed E-state index contributed by atoms with van der Waals surface area (Å²) in [4.78, 5) is 0. The minimum Gasteiger partial charge on any atom is -0.192 e. The molecule has 0 bridgehead atoms. The molecule has 0 fully saturated rings. The lowest BCUT2D eigenvalue weighted by molar-refractivity contribution is 1.34. The highest BCUT2D eigenvalue weighted by Crippen LogP contribution is 2.08. The van der Waals surface area contributed by atoms with Gasteiger partial charge in [-0.15, -0.1) is 0 Å².